The second-order valence-corrected chi connectivity index (χ2v) is 2.97. The highest BCUT2D eigenvalue weighted by molar-refractivity contribution is 5.84. The van der Waals surface area contributed by atoms with Gasteiger partial charge >= 0.3 is 0 Å². The Morgan fingerprint density at radius 2 is 2.42 bits per heavy atom. The molecule has 0 spiro atoms. The first-order chi connectivity index (χ1) is 5.95. The van der Waals surface area contributed by atoms with Crippen molar-refractivity contribution in [2.75, 3.05) is 6.61 Å². The molecule has 0 saturated carbocycles. The summed E-state index contributed by atoms with van der Waals surface area (Å²) < 4.78 is 5.43. The number of ether oxygens (including phenoxy) is 1. The summed E-state index contributed by atoms with van der Waals surface area (Å²) in [5.74, 6) is 1.01. The van der Waals surface area contributed by atoms with E-state index >= 15 is 0 Å². The molecule has 1 aliphatic rings. The molecule has 12 heavy (non-hydrogen) atoms. The van der Waals surface area contributed by atoms with Gasteiger partial charge in [-0.3, -0.25) is 5.10 Å². The van der Waals surface area contributed by atoms with Crippen molar-refractivity contribution in [3.05, 3.63) is 23.9 Å². The van der Waals surface area contributed by atoms with Gasteiger partial charge in [0.15, 0.2) is 0 Å². The number of benzene rings is 1. The van der Waals surface area contributed by atoms with Gasteiger partial charge in [0.25, 0.3) is 0 Å². The van der Waals surface area contributed by atoms with E-state index in [2.05, 4.69) is 10.2 Å². The topological polar surface area (TPSA) is 37.9 Å². The van der Waals surface area contributed by atoms with Crippen LogP contribution in [-0.4, -0.2) is 16.8 Å². The number of fused-ring (bicyclic) bond motifs is 3. The molecule has 1 aromatic carbocycles. The van der Waals surface area contributed by atoms with Gasteiger partial charge in [-0.2, -0.15) is 5.10 Å². The van der Waals surface area contributed by atoms with Crippen LogP contribution in [0.3, 0.4) is 0 Å². The van der Waals surface area contributed by atoms with E-state index in [-0.39, 0.29) is 0 Å². The fraction of sp³-hybridized carbons (Fsp3) is 0.222. The molecule has 1 N–H and O–H groups in total. The van der Waals surface area contributed by atoms with Crippen LogP contribution in [0.15, 0.2) is 18.3 Å². The minimum absolute atomic E-state index is 0.799. The number of nitrogens with zero attached hydrogens (tertiary/aromatic N) is 1. The van der Waals surface area contributed by atoms with Crippen LogP contribution in [0, 0.1) is 0 Å². The van der Waals surface area contributed by atoms with E-state index in [9.17, 15) is 0 Å². The van der Waals surface area contributed by atoms with Crippen molar-refractivity contribution >= 4 is 10.9 Å². The van der Waals surface area contributed by atoms with Crippen LogP contribution in [0.25, 0.3) is 10.9 Å². The van der Waals surface area contributed by atoms with Crippen LogP contribution < -0.4 is 4.74 Å². The Balaban J connectivity index is 2.46. The Hall–Kier alpha value is -1.51. The number of aromatic nitrogens is 2. The first-order valence-electron chi connectivity index (χ1n) is 4.03. The molecular formula is C9H8N2O. The predicted octanol–water partition coefficient (Wildman–Crippen LogP) is 1.50. The lowest BCUT2D eigenvalue weighted by molar-refractivity contribution is 0.357. The van der Waals surface area contributed by atoms with Crippen molar-refractivity contribution in [2.24, 2.45) is 0 Å². The van der Waals surface area contributed by atoms with Crippen molar-refractivity contribution in [3.63, 3.8) is 0 Å². The van der Waals surface area contributed by atoms with E-state index in [0.29, 0.717) is 0 Å². The molecule has 2 aromatic rings. The molecule has 1 aliphatic heterocycles. The summed E-state index contributed by atoms with van der Waals surface area (Å²) >= 11 is 0. The number of nitrogens with one attached hydrogen (secondary N) is 1. The number of aromatic amines is 1. The molecule has 1 aromatic heterocycles. The lowest BCUT2D eigenvalue weighted by Crippen LogP contribution is -1.86. The van der Waals surface area contributed by atoms with Gasteiger partial charge in [-0.05, 0) is 12.1 Å². The van der Waals surface area contributed by atoms with Gasteiger partial charge in [-0.1, -0.05) is 0 Å². The van der Waals surface area contributed by atoms with Gasteiger partial charge in [-0.15, -0.1) is 0 Å². The average Bonchev–Trinajstić information content (AvgIpc) is 2.71. The van der Waals surface area contributed by atoms with Gasteiger partial charge in [0, 0.05) is 17.4 Å². The van der Waals surface area contributed by atoms with Crippen LogP contribution in [0.1, 0.15) is 5.56 Å². The lowest BCUT2D eigenvalue weighted by atomic mass is 10.1. The molecular weight excluding hydrogens is 152 g/mol. The van der Waals surface area contributed by atoms with Crippen LogP contribution in [0.2, 0.25) is 0 Å². The van der Waals surface area contributed by atoms with Crippen molar-refractivity contribution in [1.82, 2.24) is 10.2 Å². The summed E-state index contributed by atoms with van der Waals surface area (Å²) in [4.78, 5) is 0. The summed E-state index contributed by atoms with van der Waals surface area (Å²) in [5.41, 5.74) is 2.40. The molecule has 3 heteroatoms. The summed E-state index contributed by atoms with van der Waals surface area (Å²) in [5, 5.41) is 8.15. The number of rotatable bonds is 0. The second-order valence-electron chi connectivity index (χ2n) is 2.97. The minimum Gasteiger partial charge on any atom is -0.493 e. The predicted molar refractivity (Wildman–Crippen MR) is 45.3 cm³/mol. The summed E-state index contributed by atoms with van der Waals surface area (Å²) in [6, 6.07) is 4.04. The molecule has 0 fully saturated rings. The van der Waals surface area contributed by atoms with Gasteiger partial charge < -0.3 is 4.74 Å². The third kappa shape index (κ3) is 0.630. The minimum atomic E-state index is 0.799. The van der Waals surface area contributed by atoms with E-state index in [4.69, 9.17) is 4.74 Å². The highest BCUT2D eigenvalue weighted by Crippen LogP contribution is 2.30. The molecule has 0 unspecified atom stereocenters. The third-order valence-electron chi connectivity index (χ3n) is 2.29. The average molecular weight is 160 g/mol. The Morgan fingerprint density at radius 1 is 1.42 bits per heavy atom. The van der Waals surface area contributed by atoms with Gasteiger partial charge in [0.2, 0.25) is 0 Å². The molecule has 3 rings (SSSR count). The van der Waals surface area contributed by atoms with E-state index in [1.807, 2.05) is 18.3 Å². The fourth-order valence-corrected chi connectivity index (χ4v) is 1.70. The van der Waals surface area contributed by atoms with E-state index in [1.165, 1.54) is 10.9 Å². The third-order valence-corrected chi connectivity index (χ3v) is 2.29. The highest BCUT2D eigenvalue weighted by Gasteiger charge is 2.15. The Bertz CT molecular complexity index is 433. The first kappa shape index (κ1) is 6.06. The Kier molecular flexibility index (Phi) is 1.01. The van der Waals surface area contributed by atoms with E-state index in [0.717, 1.165) is 24.3 Å². The molecule has 0 aliphatic carbocycles. The van der Waals surface area contributed by atoms with E-state index < -0.39 is 0 Å². The monoisotopic (exact) mass is 160 g/mol. The standard InChI is InChI=1S/C9H8N2O/c1-2-8-7(3-4-12-8)9-6(1)5-10-11-9/h1-2,5H,3-4H2,(H,10,11). The Morgan fingerprint density at radius 3 is 3.42 bits per heavy atom. The summed E-state index contributed by atoms with van der Waals surface area (Å²) in [6.07, 6.45) is 2.84. The van der Waals surface area contributed by atoms with Crippen molar-refractivity contribution in [3.8, 4) is 5.75 Å². The van der Waals surface area contributed by atoms with Crippen LogP contribution in [0.4, 0.5) is 0 Å². The molecule has 0 saturated heterocycles. The van der Waals surface area contributed by atoms with Crippen LogP contribution >= 0.6 is 0 Å². The SMILES string of the molecule is c1cc2cn[nH]c2c2c1OCC2. The van der Waals surface area contributed by atoms with E-state index in [1.54, 1.807) is 0 Å². The Labute approximate surface area is 69.3 Å². The summed E-state index contributed by atoms with van der Waals surface area (Å²) in [6.45, 7) is 0.799. The normalized spacial score (nSPS) is 14.7. The number of hydrogen-bond acceptors (Lipinski definition) is 2. The largest absolute Gasteiger partial charge is 0.493 e. The van der Waals surface area contributed by atoms with Crippen LogP contribution in [0.5, 0.6) is 5.75 Å². The number of H-pyrrole nitrogens is 1. The molecule has 60 valence electrons. The molecule has 0 amide bonds. The zero-order valence-electron chi connectivity index (χ0n) is 6.50. The van der Waals surface area contributed by atoms with Gasteiger partial charge in [0.05, 0.1) is 18.3 Å². The first-order valence-corrected chi connectivity index (χ1v) is 4.03. The number of hydrogen-bond donors (Lipinski definition) is 1. The van der Waals surface area contributed by atoms with Gasteiger partial charge in [-0.25, -0.2) is 0 Å². The molecule has 2 heterocycles. The highest BCUT2D eigenvalue weighted by atomic mass is 16.5. The van der Waals surface area contributed by atoms with Crippen molar-refractivity contribution in [1.29, 1.82) is 0 Å². The van der Waals surface area contributed by atoms with Gasteiger partial charge in [0.1, 0.15) is 5.75 Å². The molecule has 0 radical (unpaired) electrons. The quantitative estimate of drug-likeness (QED) is 0.634. The fourth-order valence-electron chi connectivity index (χ4n) is 1.70. The molecule has 3 nitrogen and oxygen atoms in total. The van der Waals surface area contributed by atoms with Crippen molar-refractivity contribution in [2.45, 2.75) is 6.42 Å². The smallest absolute Gasteiger partial charge is 0.124 e. The molecule has 0 atom stereocenters. The zero-order valence-corrected chi connectivity index (χ0v) is 6.50. The van der Waals surface area contributed by atoms with Crippen LogP contribution in [-0.2, 0) is 6.42 Å². The maximum absolute atomic E-state index is 5.43. The maximum atomic E-state index is 5.43. The maximum Gasteiger partial charge on any atom is 0.124 e. The zero-order chi connectivity index (χ0) is 7.97. The summed E-state index contributed by atoms with van der Waals surface area (Å²) in [7, 11) is 0. The lowest BCUT2D eigenvalue weighted by Gasteiger charge is -1.97. The molecule has 0 bridgehead atoms. The second kappa shape index (κ2) is 2.00. The van der Waals surface area contributed by atoms with Crippen molar-refractivity contribution < 1.29 is 4.74 Å².